The van der Waals surface area contributed by atoms with Crippen LogP contribution >= 0.6 is 23.0 Å². The Labute approximate surface area is 107 Å². The van der Waals surface area contributed by atoms with Gasteiger partial charge < -0.3 is 8.17 Å². The summed E-state index contributed by atoms with van der Waals surface area (Å²) >= 11 is 1.69. The molecule has 2 aromatic carbocycles. The van der Waals surface area contributed by atoms with Crippen LogP contribution in [0.1, 0.15) is 15.9 Å². The molecule has 4 heteroatoms. The molecule has 0 bridgehead atoms. The molecule has 0 atom stereocenters. The quantitative estimate of drug-likeness (QED) is 0.857. The van der Waals surface area contributed by atoms with E-state index < -0.39 is 5.97 Å². The van der Waals surface area contributed by atoms with Gasteiger partial charge in [-0.25, -0.2) is 4.79 Å². The van der Waals surface area contributed by atoms with Gasteiger partial charge >= 0.3 is 5.97 Å². The largest absolute Gasteiger partial charge is 0.478 e. The van der Waals surface area contributed by atoms with Crippen LogP contribution in [0.4, 0.5) is 0 Å². The highest BCUT2D eigenvalue weighted by atomic mass is 127. The zero-order chi connectivity index (χ0) is 11.7. The van der Waals surface area contributed by atoms with Crippen molar-refractivity contribution in [2.75, 3.05) is 0 Å². The molecule has 16 heavy (non-hydrogen) atoms. The zero-order valence-electron chi connectivity index (χ0n) is 8.53. The molecule has 0 aliphatic rings. The Kier molecular flexibility index (Phi) is 3.00. The molecule has 0 aromatic heterocycles. The summed E-state index contributed by atoms with van der Waals surface area (Å²) in [6.45, 7) is 1.99. The lowest BCUT2D eigenvalue weighted by Gasteiger charge is -2.07. The molecule has 0 saturated heterocycles. The molecule has 82 valence electrons. The summed E-state index contributed by atoms with van der Waals surface area (Å²) in [5.41, 5.74) is 1.29. The van der Waals surface area contributed by atoms with E-state index in [1.807, 2.05) is 25.1 Å². The first-order valence-electron chi connectivity index (χ1n) is 4.68. The van der Waals surface area contributed by atoms with E-state index in [0.29, 0.717) is 5.75 Å². The topological polar surface area (TPSA) is 46.5 Å². The van der Waals surface area contributed by atoms with Crippen molar-refractivity contribution in [3.05, 3.63) is 41.5 Å². The fourth-order valence-electron chi connectivity index (χ4n) is 1.69. The van der Waals surface area contributed by atoms with Gasteiger partial charge in [-0.2, -0.15) is 0 Å². The smallest absolute Gasteiger partial charge is 0.339 e. The van der Waals surface area contributed by atoms with Crippen LogP contribution in [-0.2, 0) is 0 Å². The van der Waals surface area contributed by atoms with Gasteiger partial charge in [-0.1, -0.05) is 18.2 Å². The van der Waals surface area contributed by atoms with Gasteiger partial charge in [0, 0.05) is 0 Å². The van der Waals surface area contributed by atoms with Crippen LogP contribution in [0.3, 0.4) is 0 Å². The summed E-state index contributed by atoms with van der Waals surface area (Å²) in [5, 5.41) is 11.0. The third-order valence-electron chi connectivity index (χ3n) is 2.51. The van der Waals surface area contributed by atoms with E-state index in [2.05, 4.69) is 0 Å². The highest BCUT2D eigenvalue weighted by Crippen LogP contribution is 2.29. The number of carboxylic acid groups (broad SMARTS) is 1. The van der Waals surface area contributed by atoms with Crippen molar-refractivity contribution in [2.45, 2.75) is 6.92 Å². The number of hydrogen-bond acceptors (Lipinski definition) is 2. The number of aromatic carboxylic acids is 1. The average Bonchev–Trinajstić information content (AvgIpc) is 2.28. The minimum atomic E-state index is -0.977. The van der Waals surface area contributed by atoms with Crippen molar-refractivity contribution in [3.63, 3.8) is 0 Å². The normalized spacial score (nSPS) is 10.4. The van der Waals surface area contributed by atoms with Gasteiger partial charge in [-0.05, 0) is 35.4 Å². The molecule has 2 rings (SSSR count). The molecular formula is C12H9IO3. The van der Waals surface area contributed by atoms with Crippen LogP contribution in [0.5, 0.6) is 5.75 Å². The Morgan fingerprint density at radius 1 is 1.38 bits per heavy atom. The lowest BCUT2D eigenvalue weighted by atomic mass is 10.0. The van der Waals surface area contributed by atoms with Crippen LogP contribution in [-0.4, -0.2) is 11.1 Å². The molecule has 0 unspecified atom stereocenters. The molecule has 0 fully saturated rings. The zero-order valence-corrected chi connectivity index (χ0v) is 10.7. The SMILES string of the molecule is Cc1cccc2cc(C(=O)O)c(OI)cc12. The number of benzene rings is 2. The van der Waals surface area contributed by atoms with Crippen molar-refractivity contribution >= 4 is 39.7 Å². The summed E-state index contributed by atoms with van der Waals surface area (Å²) in [6.07, 6.45) is 0. The maximum absolute atomic E-state index is 11.0. The number of rotatable bonds is 2. The Bertz CT molecular complexity index is 563. The Balaban J connectivity index is 2.80. The number of carboxylic acids is 1. The second-order valence-corrected chi connectivity index (χ2v) is 3.97. The summed E-state index contributed by atoms with van der Waals surface area (Å²) in [6, 6.07) is 9.19. The number of halogens is 1. The maximum atomic E-state index is 11.0. The van der Waals surface area contributed by atoms with Crippen LogP contribution in [0, 0.1) is 6.92 Å². The number of aryl methyl sites for hydroxylation is 1. The molecule has 0 aliphatic carbocycles. The second-order valence-electron chi connectivity index (χ2n) is 3.53. The van der Waals surface area contributed by atoms with E-state index >= 15 is 0 Å². The van der Waals surface area contributed by atoms with Gasteiger partial charge in [0.2, 0.25) is 0 Å². The minimum Gasteiger partial charge on any atom is -0.478 e. The van der Waals surface area contributed by atoms with Gasteiger partial charge in [-0.3, -0.25) is 0 Å². The molecule has 0 spiro atoms. The molecule has 0 aliphatic heterocycles. The fraction of sp³-hybridized carbons (Fsp3) is 0.0833. The van der Waals surface area contributed by atoms with Crippen molar-refractivity contribution in [2.24, 2.45) is 0 Å². The summed E-state index contributed by atoms with van der Waals surface area (Å²) in [7, 11) is 0. The second kappa shape index (κ2) is 4.29. The molecule has 0 amide bonds. The van der Waals surface area contributed by atoms with Gasteiger partial charge in [0.25, 0.3) is 0 Å². The summed E-state index contributed by atoms with van der Waals surface area (Å²) in [5.74, 6) is -0.593. The molecule has 0 radical (unpaired) electrons. The third kappa shape index (κ3) is 1.84. The standard InChI is InChI=1S/C12H9IO3/c1-7-3-2-4-8-5-10(12(14)15)11(16-13)6-9(7)8/h2-6H,1H3,(H,14,15). The van der Waals surface area contributed by atoms with Crippen molar-refractivity contribution in [1.29, 1.82) is 0 Å². The summed E-state index contributed by atoms with van der Waals surface area (Å²) < 4.78 is 5.06. The van der Waals surface area contributed by atoms with Gasteiger partial charge in [0.1, 0.15) is 11.3 Å². The van der Waals surface area contributed by atoms with E-state index in [9.17, 15) is 4.79 Å². The predicted molar refractivity (Wildman–Crippen MR) is 70.3 cm³/mol. The van der Waals surface area contributed by atoms with Crippen molar-refractivity contribution in [3.8, 4) is 5.75 Å². The van der Waals surface area contributed by atoms with E-state index in [1.165, 1.54) is 0 Å². The van der Waals surface area contributed by atoms with E-state index in [-0.39, 0.29) is 5.56 Å². The molecule has 2 aromatic rings. The van der Waals surface area contributed by atoms with Crippen LogP contribution in [0.15, 0.2) is 30.3 Å². The van der Waals surface area contributed by atoms with Crippen molar-refractivity contribution < 1.29 is 13.0 Å². The Morgan fingerprint density at radius 2 is 2.12 bits per heavy atom. The predicted octanol–water partition coefficient (Wildman–Crippen LogP) is 3.58. The van der Waals surface area contributed by atoms with E-state index in [0.717, 1.165) is 16.3 Å². The average molecular weight is 328 g/mol. The fourth-order valence-corrected chi connectivity index (χ4v) is 2.06. The molecule has 0 saturated carbocycles. The minimum absolute atomic E-state index is 0.188. The van der Waals surface area contributed by atoms with Crippen LogP contribution < -0.4 is 3.07 Å². The number of hydrogen-bond donors (Lipinski definition) is 1. The Morgan fingerprint density at radius 3 is 2.75 bits per heavy atom. The molecular weight excluding hydrogens is 319 g/mol. The van der Waals surface area contributed by atoms with E-state index in [1.54, 1.807) is 35.1 Å². The van der Waals surface area contributed by atoms with Gasteiger partial charge in [0.15, 0.2) is 23.0 Å². The first-order valence-corrected chi connectivity index (χ1v) is 5.57. The highest BCUT2D eigenvalue weighted by Gasteiger charge is 2.13. The van der Waals surface area contributed by atoms with Crippen LogP contribution in [0.25, 0.3) is 10.8 Å². The van der Waals surface area contributed by atoms with Crippen LogP contribution in [0.2, 0.25) is 0 Å². The first-order chi connectivity index (χ1) is 7.63. The van der Waals surface area contributed by atoms with Gasteiger partial charge in [-0.15, -0.1) is 0 Å². The summed E-state index contributed by atoms with van der Waals surface area (Å²) in [4.78, 5) is 11.0. The number of carbonyl (C=O) groups is 1. The Hall–Kier alpha value is -1.30. The lowest BCUT2D eigenvalue weighted by molar-refractivity contribution is 0.0695. The first kappa shape index (κ1) is 11.2. The van der Waals surface area contributed by atoms with Gasteiger partial charge in [0.05, 0.1) is 0 Å². The van der Waals surface area contributed by atoms with E-state index in [4.69, 9.17) is 8.17 Å². The van der Waals surface area contributed by atoms with Crippen molar-refractivity contribution in [1.82, 2.24) is 0 Å². The lowest BCUT2D eigenvalue weighted by Crippen LogP contribution is -1.98. The molecule has 0 heterocycles. The molecule has 1 N–H and O–H groups in total. The molecule has 3 nitrogen and oxygen atoms in total. The third-order valence-corrected chi connectivity index (χ3v) is 2.99. The number of fused-ring (bicyclic) bond motifs is 1. The monoisotopic (exact) mass is 328 g/mol. The highest BCUT2D eigenvalue weighted by molar-refractivity contribution is 14.1. The maximum Gasteiger partial charge on any atom is 0.339 e.